The molecular weight excluding hydrogens is 532 g/mol. The number of thiophene rings is 1. The molecule has 12 nitrogen and oxygen atoms in total. The highest BCUT2D eigenvalue weighted by molar-refractivity contribution is 7.21. The van der Waals surface area contributed by atoms with E-state index < -0.39 is 11.9 Å². The van der Waals surface area contributed by atoms with Gasteiger partial charge in [0.2, 0.25) is 11.8 Å². The summed E-state index contributed by atoms with van der Waals surface area (Å²) in [7, 11) is 0. The van der Waals surface area contributed by atoms with Crippen LogP contribution in [0.2, 0.25) is 0 Å². The van der Waals surface area contributed by atoms with Crippen LogP contribution in [0.1, 0.15) is 34.5 Å². The monoisotopic (exact) mass is 554 g/mol. The molecule has 0 unspecified atom stereocenters. The van der Waals surface area contributed by atoms with Gasteiger partial charge in [-0.25, -0.2) is 29.7 Å². The molecule has 5 heterocycles. The molecule has 0 bridgehead atoms. The number of amides is 4. The molecule has 40 heavy (non-hydrogen) atoms. The van der Waals surface area contributed by atoms with E-state index in [9.17, 15) is 14.4 Å². The predicted molar refractivity (Wildman–Crippen MR) is 150 cm³/mol. The zero-order valence-corrected chi connectivity index (χ0v) is 22.1. The van der Waals surface area contributed by atoms with Crippen LogP contribution in [0, 0.1) is 6.92 Å². The summed E-state index contributed by atoms with van der Waals surface area (Å²) in [6, 6.07) is 2.66. The van der Waals surface area contributed by atoms with Crippen molar-refractivity contribution in [2.75, 3.05) is 10.2 Å². The third kappa shape index (κ3) is 4.56. The fourth-order valence-electron chi connectivity index (χ4n) is 4.78. The Labute approximate surface area is 231 Å². The molecule has 0 aromatic carbocycles. The SMILES string of the molecule is C=CC(=O)N[C@H]1CCCC1=NC(=O)c1sc2nccc3c2c1NC(=O)N3c1cnc(Oc2cncnc2)cc1C. The molecule has 1 fully saturated rings. The Morgan fingerprint density at radius 3 is 2.85 bits per heavy atom. The maximum Gasteiger partial charge on any atom is 0.331 e. The van der Waals surface area contributed by atoms with Gasteiger partial charge in [-0.05, 0) is 43.9 Å². The van der Waals surface area contributed by atoms with Gasteiger partial charge in [-0.1, -0.05) is 6.58 Å². The summed E-state index contributed by atoms with van der Waals surface area (Å²) < 4.78 is 5.72. The van der Waals surface area contributed by atoms with Crippen molar-refractivity contribution in [2.24, 2.45) is 4.99 Å². The van der Waals surface area contributed by atoms with Crippen molar-refractivity contribution in [1.82, 2.24) is 25.3 Å². The first-order chi connectivity index (χ1) is 19.4. The van der Waals surface area contributed by atoms with E-state index in [1.165, 1.54) is 29.7 Å². The number of urea groups is 1. The lowest BCUT2D eigenvalue weighted by Gasteiger charge is -2.29. The van der Waals surface area contributed by atoms with Crippen LogP contribution in [-0.2, 0) is 4.79 Å². The molecule has 1 aliphatic carbocycles. The molecule has 1 atom stereocenters. The van der Waals surface area contributed by atoms with E-state index in [2.05, 4.69) is 42.1 Å². The molecule has 13 heteroatoms. The van der Waals surface area contributed by atoms with E-state index in [0.717, 1.165) is 23.3 Å². The minimum Gasteiger partial charge on any atom is -0.436 e. The number of aromatic nitrogens is 4. The number of aryl methyl sites for hydroxylation is 1. The van der Waals surface area contributed by atoms with E-state index in [0.29, 0.717) is 57.5 Å². The Morgan fingerprint density at radius 1 is 1.25 bits per heavy atom. The van der Waals surface area contributed by atoms with Gasteiger partial charge >= 0.3 is 6.03 Å². The van der Waals surface area contributed by atoms with Gasteiger partial charge in [0.1, 0.15) is 16.0 Å². The zero-order chi connectivity index (χ0) is 27.8. The van der Waals surface area contributed by atoms with E-state index in [1.54, 1.807) is 24.5 Å². The Bertz CT molecular complexity index is 1720. The predicted octanol–water partition coefficient (Wildman–Crippen LogP) is 4.70. The smallest absolute Gasteiger partial charge is 0.331 e. The number of ether oxygens (including phenoxy) is 1. The summed E-state index contributed by atoms with van der Waals surface area (Å²) in [4.78, 5) is 62.0. The number of nitrogens with zero attached hydrogens (tertiary/aromatic N) is 6. The van der Waals surface area contributed by atoms with Gasteiger partial charge in [-0.2, -0.15) is 0 Å². The molecule has 1 saturated carbocycles. The maximum absolute atomic E-state index is 13.5. The number of rotatable bonds is 6. The van der Waals surface area contributed by atoms with Gasteiger partial charge in [0.25, 0.3) is 5.91 Å². The van der Waals surface area contributed by atoms with Crippen molar-refractivity contribution in [3.63, 3.8) is 0 Å². The van der Waals surface area contributed by atoms with Crippen LogP contribution in [0.5, 0.6) is 11.6 Å². The summed E-state index contributed by atoms with van der Waals surface area (Å²) in [5.41, 5.74) is 2.82. The Hall–Kier alpha value is -5.04. The lowest BCUT2D eigenvalue weighted by Crippen LogP contribution is -2.37. The average molecular weight is 555 g/mol. The number of hydrogen-bond acceptors (Lipinski definition) is 9. The molecule has 4 amide bonds. The minimum atomic E-state index is -0.489. The van der Waals surface area contributed by atoms with Gasteiger partial charge < -0.3 is 15.4 Å². The highest BCUT2D eigenvalue weighted by Gasteiger charge is 2.34. The molecule has 6 rings (SSSR count). The highest BCUT2D eigenvalue weighted by Crippen LogP contribution is 2.46. The second kappa shape index (κ2) is 10.3. The maximum atomic E-state index is 13.5. The van der Waals surface area contributed by atoms with Crippen LogP contribution in [-0.4, -0.2) is 49.5 Å². The van der Waals surface area contributed by atoms with Crippen molar-refractivity contribution >= 4 is 62.2 Å². The summed E-state index contributed by atoms with van der Waals surface area (Å²) in [6.07, 6.45) is 10.9. The third-order valence-electron chi connectivity index (χ3n) is 6.57. The number of carbonyl (C=O) groups excluding carboxylic acids is 3. The van der Waals surface area contributed by atoms with Gasteiger partial charge in [-0.15, -0.1) is 11.3 Å². The fourth-order valence-corrected chi connectivity index (χ4v) is 5.78. The van der Waals surface area contributed by atoms with Gasteiger partial charge in [-0.3, -0.25) is 14.5 Å². The number of hydrogen-bond donors (Lipinski definition) is 2. The van der Waals surface area contributed by atoms with Crippen LogP contribution in [0.15, 0.2) is 60.9 Å². The summed E-state index contributed by atoms with van der Waals surface area (Å²) in [5.74, 6) is -0.0455. The van der Waals surface area contributed by atoms with E-state index in [4.69, 9.17) is 4.74 Å². The topological polar surface area (TPSA) is 152 Å². The zero-order valence-electron chi connectivity index (χ0n) is 21.2. The molecule has 4 aromatic heterocycles. The second-order valence-corrected chi connectivity index (χ2v) is 10.1. The first-order valence-corrected chi connectivity index (χ1v) is 13.2. The average Bonchev–Trinajstić information content (AvgIpc) is 3.55. The van der Waals surface area contributed by atoms with Crippen molar-refractivity contribution < 1.29 is 19.1 Å². The van der Waals surface area contributed by atoms with E-state index in [1.807, 2.05) is 6.92 Å². The van der Waals surface area contributed by atoms with Crippen molar-refractivity contribution in [2.45, 2.75) is 32.2 Å². The lowest BCUT2D eigenvalue weighted by molar-refractivity contribution is -0.116. The largest absolute Gasteiger partial charge is 0.436 e. The van der Waals surface area contributed by atoms with Crippen molar-refractivity contribution in [3.8, 4) is 11.6 Å². The molecule has 1 aliphatic heterocycles. The first kappa shape index (κ1) is 25.2. The Balaban J connectivity index is 1.34. The summed E-state index contributed by atoms with van der Waals surface area (Å²) >= 11 is 1.16. The van der Waals surface area contributed by atoms with Gasteiger partial charge in [0, 0.05) is 18.0 Å². The highest BCUT2D eigenvalue weighted by atomic mass is 32.1. The van der Waals surface area contributed by atoms with Crippen molar-refractivity contribution in [3.05, 3.63) is 66.3 Å². The summed E-state index contributed by atoms with van der Waals surface area (Å²) in [5, 5.41) is 6.33. The fraction of sp³-hybridized carbons (Fsp3) is 0.185. The number of nitrogens with one attached hydrogen (secondary N) is 2. The Morgan fingerprint density at radius 2 is 2.08 bits per heavy atom. The molecule has 4 aromatic rings. The van der Waals surface area contributed by atoms with Gasteiger partial charge in [0.15, 0.2) is 5.75 Å². The van der Waals surface area contributed by atoms with Crippen LogP contribution in [0.4, 0.5) is 21.9 Å². The molecule has 0 saturated heterocycles. The first-order valence-electron chi connectivity index (χ1n) is 12.4. The van der Waals surface area contributed by atoms with Crippen LogP contribution in [0.25, 0.3) is 10.2 Å². The van der Waals surface area contributed by atoms with Crippen LogP contribution >= 0.6 is 11.3 Å². The number of pyridine rings is 2. The van der Waals surface area contributed by atoms with E-state index >= 15 is 0 Å². The number of carbonyl (C=O) groups is 3. The quantitative estimate of drug-likeness (QED) is 0.325. The third-order valence-corrected chi connectivity index (χ3v) is 7.66. The summed E-state index contributed by atoms with van der Waals surface area (Å²) in [6.45, 7) is 5.32. The minimum absolute atomic E-state index is 0.278. The molecule has 2 aliphatic rings. The van der Waals surface area contributed by atoms with E-state index in [-0.39, 0.29) is 16.8 Å². The standard InChI is InChI=1S/C27H22N8O4S/c1-3-20(36)32-16-5-4-6-17(16)33-25(37)24-23-22-18(7-8-30-26(22)40-24)35(27(38)34-23)19-12-31-21(9-14(19)2)39-15-10-28-13-29-11-15/h3,7-13,16H,1,4-6H2,2H3,(H,32,36)(H,34,38)/t16-/m0/s1. The molecule has 200 valence electrons. The lowest BCUT2D eigenvalue weighted by atomic mass is 10.1. The normalized spacial score (nSPS) is 17.1. The number of aliphatic imine (C=N–C) groups is 1. The molecule has 0 radical (unpaired) electrons. The van der Waals surface area contributed by atoms with Crippen molar-refractivity contribution in [1.29, 1.82) is 0 Å². The molecular formula is C27H22N8O4S. The van der Waals surface area contributed by atoms with Crippen LogP contribution < -0.4 is 20.3 Å². The second-order valence-electron chi connectivity index (χ2n) is 9.13. The molecule has 0 spiro atoms. The Kier molecular flexibility index (Phi) is 6.48. The van der Waals surface area contributed by atoms with Crippen LogP contribution in [0.3, 0.4) is 0 Å². The van der Waals surface area contributed by atoms with Gasteiger partial charge in [0.05, 0.1) is 47.1 Å². The molecule has 2 N–H and O–H groups in total. The number of anilines is 3.